The van der Waals surface area contributed by atoms with E-state index in [0.29, 0.717) is 11.2 Å². The smallest absolute Gasteiger partial charge is 0.222 e. The molecule has 0 bridgehead atoms. The summed E-state index contributed by atoms with van der Waals surface area (Å²) < 4.78 is 0. The first-order chi connectivity index (χ1) is 7.59. The van der Waals surface area contributed by atoms with Crippen LogP contribution in [-0.4, -0.2) is 29.1 Å². The molecule has 0 aromatic rings. The number of likely N-dealkylation sites (tertiary alicyclic amines) is 1. The molecule has 1 unspecified atom stereocenters. The lowest BCUT2D eigenvalue weighted by molar-refractivity contribution is -0.127. The van der Waals surface area contributed by atoms with E-state index in [1.807, 2.05) is 4.90 Å². The summed E-state index contributed by atoms with van der Waals surface area (Å²) in [6.45, 7) is 6.42. The first-order valence-electron chi connectivity index (χ1n) is 6.55. The van der Waals surface area contributed by atoms with Crippen LogP contribution in [0.5, 0.6) is 0 Å². The van der Waals surface area contributed by atoms with Gasteiger partial charge in [0.25, 0.3) is 0 Å². The largest absolute Gasteiger partial charge is 0.343 e. The Morgan fingerprint density at radius 1 is 1.38 bits per heavy atom. The molecule has 1 fully saturated rings. The molecule has 0 radical (unpaired) electrons. The fourth-order valence-electron chi connectivity index (χ4n) is 2.29. The number of carbonyl (C=O) groups excluding carboxylic acids is 1. The minimum atomic E-state index is 0.351. The van der Waals surface area contributed by atoms with E-state index in [0.717, 1.165) is 38.3 Å². The van der Waals surface area contributed by atoms with Crippen molar-refractivity contribution in [3.63, 3.8) is 0 Å². The SMILES string of the molecule is CC(C)CC(S)CCCCN1CCCC1=O. The lowest BCUT2D eigenvalue weighted by atomic mass is 10.0. The number of hydrogen-bond acceptors (Lipinski definition) is 2. The highest BCUT2D eigenvalue weighted by atomic mass is 32.1. The maximum Gasteiger partial charge on any atom is 0.222 e. The summed E-state index contributed by atoms with van der Waals surface area (Å²) in [6, 6.07) is 0. The van der Waals surface area contributed by atoms with Crippen LogP contribution in [-0.2, 0) is 4.79 Å². The number of rotatable bonds is 7. The van der Waals surface area contributed by atoms with Crippen molar-refractivity contribution >= 4 is 18.5 Å². The minimum absolute atomic E-state index is 0.351. The van der Waals surface area contributed by atoms with Gasteiger partial charge < -0.3 is 4.90 Å². The maximum absolute atomic E-state index is 11.4. The summed E-state index contributed by atoms with van der Waals surface area (Å²) in [5, 5.41) is 0.536. The zero-order valence-corrected chi connectivity index (χ0v) is 11.5. The molecule has 1 aliphatic heterocycles. The second kappa shape index (κ2) is 7.21. The first-order valence-corrected chi connectivity index (χ1v) is 7.07. The molecule has 1 atom stereocenters. The second-order valence-corrected chi connectivity index (χ2v) is 5.99. The van der Waals surface area contributed by atoms with Gasteiger partial charge in [-0.15, -0.1) is 0 Å². The van der Waals surface area contributed by atoms with Crippen molar-refractivity contribution in [1.82, 2.24) is 4.90 Å². The number of amides is 1. The third-order valence-corrected chi connectivity index (χ3v) is 3.60. The molecule has 2 nitrogen and oxygen atoms in total. The molecule has 1 rings (SSSR count). The van der Waals surface area contributed by atoms with Gasteiger partial charge in [-0.05, 0) is 31.6 Å². The number of carbonyl (C=O) groups is 1. The summed E-state index contributed by atoms with van der Waals surface area (Å²) in [5.74, 6) is 1.09. The molecule has 0 aromatic carbocycles. The average Bonchev–Trinajstić information content (AvgIpc) is 2.58. The highest BCUT2D eigenvalue weighted by Crippen LogP contribution is 2.17. The molecule has 0 spiro atoms. The van der Waals surface area contributed by atoms with Gasteiger partial charge in [0.05, 0.1) is 0 Å². The van der Waals surface area contributed by atoms with Crippen LogP contribution < -0.4 is 0 Å². The molecule has 1 saturated heterocycles. The van der Waals surface area contributed by atoms with E-state index in [1.165, 1.54) is 19.3 Å². The standard InChI is InChI=1S/C13H25NOS/c1-11(2)10-12(16)6-3-4-8-14-9-5-7-13(14)15/h11-12,16H,3-10H2,1-2H3. The lowest BCUT2D eigenvalue weighted by Crippen LogP contribution is -2.25. The van der Waals surface area contributed by atoms with Crippen molar-refractivity contribution in [2.24, 2.45) is 5.92 Å². The van der Waals surface area contributed by atoms with Crippen molar-refractivity contribution in [3.8, 4) is 0 Å². The van der Waals surface area contributed by atoms with Gasteiger partial charge in [-0.25, -0.2) is 0 Å². The molecular formula is C13H25NOS. The highest BCUT2D eigenvalue weighted by Gasteiger charge is 2.19. The van der Waals surface area contributed by atoms with Gasteiger partial charge in [0.2, 0.25) is 5.91 Å². The second-order valence-electron chi connectivity index (χ2n) is 5.26. The van der Waals surface area contributed by atoms with Gasteiger partial charge in [-0.3, -0.25) is 4.79 Å². The van der Waals surface area contributed by atoms with Crippen LogP contribution in [0.3, 0.4) is 0 Å². The van der Waals surface area contributed by atoms with Crippen molar-refractivity contribution in [1.29, 1.82) is 0 Å². The average molecular weight is 243 g/mol. The Hall–Kier alpha value is -0.180. The molecule has 0 N–H and O–H groups in total. The molecule has 1 aliphatic rings. The molecule has 0 aliphatic carbocycles. The molecule has 0 aromatic heterocycles. The monoisotopic (exact) mass is 243 g/mol. The normalized spacial score (nSPS) is 18.5. The van der Waals surface area contributed by atoms with Crippen LogP contribution in [0.25, 0.3) is 0 Å². The van der Waals surface area contributed by atoms with E-state index < -0.39 is 0 Å². The van der Waals surface area contributed by atoms with Gasteiger partial charge in [0.1, 0.15) is 0 Å². The van der Waals surface area contributed by atoms with Gasteiger partial charge in [-0.1, -0.05) is 20.3 Å². The van der Waals surface area contributed by atoms with Crippen LogP contribution >= 0.6 is 12.6 Å². The van der Waals surface area contributed by atoms with Crippen LogP contribution in [0, 0.1) is 5.92 Å². The van der Waals surface area contributed by atoms with Gasteiger partial charge in [0.15, 0.2) is 0 Å². The summed E-state index contributed by atoms with van der Waals surface area (Å²) in [4.78, 5) is 13.4. The summed E-state index contributed by atoms with van der Waals surface area (Å²) in [6.07, 6.45) is 6.55. The first kappa shape index (κ1) is 13.9. The number of nitrogens with zero attached hydrogens (tertiary/aromatic N) is 1. The van der Waals surface area contributed by atoms with Crippen LogP contribution in [0.2, 0.25) is 0 Å². The third kappa shape index (κ3) is 5.24. The topological polar surface area (TPSA) is 20.3 Å². The van der Waals surface area contributed by atoms with E-state index in [1.54, 1.807) is 0 Å². The zero-order valence-electron chi connectivity index (χ0n) is 10.6. The van der Waals surface area contributed by atoms with Crippen molar-refractivity contribution in [3.05, 3.63) is 0 Å². The fraction of sp³-hybridized carbons (Fsp3) is 0.923. The Labute approximate surface area is 105 Å². The van der Waals surface area contributed by atoms with Crippen LogP contribution in [0.15, 0.2) is 0 Å². The summed E-state index contributed by atoms with van der Waals surface area (Å²) in [5.41, 5.74) is 0. The minimum Gasteiger partial charge on any atom is -0.343 e. The van der Waals surface area contributed by atoms with Crippen molar-refractivity contribution in [2.75, 3.05) is 13.1 Å². The lowest BCUT2D eigenvalue weighted by Gasteiger charge is -2.16. The van der Waals surface area contributed by atoms with Crippen molar-refractivity contribution in [2.45, 2.75) is 57.6 Å². The number of thiol groups is 1. The summed E-state index contributed by atoms with van der Waals surface area (Å²) >= 11 is 4.59. The number of unbranched alkanes of at least 4 members (excludes halogenated alkanes) is 1. The Bertz CT molecular complexity index is 218. The summed E-state index contributed by atoms with van der Waals surface area (Å²) in [7, 11) is 0. The quantitative estimate of drug-likeness (QED) is 0.538. The van der Waals surface area contributed by atoms with E-state index >= 15 is 0 Å². The third-order valence-electron chi connectivity index (χ3n) is 3.13. The van der Waals surface area contributed by atoms with E-state index in [9.17, 15) is 4.79 Å². The predicted molar refractivity (Wildman–Crippen MR) is 71.9 cm³/mol. The Morgan fingerprint density at radius 3 is 2.69 bits per heavy atom. The van der Waals surface area contributed by atoms with Crippen molar-refractivity contribution < 1.29 is 4.79 Å². The molecule has 3 heteroatoms. The molecular weight excluding hydrogens is 218 g/mol. The van der Waals surface area contributed by atoms with Crippen LogP contribution in [0.1, 0.15) is 52.4 Å². The van der Waals surface area contributed by atoms with Crippen LogP contribution in [0.4, 0.5) is 0 Å². The predicted octanol–water partition coefficient (Wildman–Crippen LogP) is 3.12. The van der Waals surface area contributed by atoms with E-state index in [4.69, 9.17) is 0 Å². The highest BCUT2D eigenvalue weighted by molar-refractivity contribution is 7.80. The Kier molecular flexibility index (Phi) is 6.25. The van der Waals surface area contributed by atoms with Gasteiger partial charge >= 0.3 is 0 Å². The van der Waals surface area contributed by atoms with E-state index in [-0.39, 0.29) is 0 Å². The van der Waals surface area contributed by atoms with Gasteiger partial charge in [-0.2, -0.15) is 12.6 Å². The fourth-order valence-corrected chi connectivity index (χ4v) is 2.89. The Balaban J connectivity index is 2.01. The molecule has 94 valence electrons. The molecule has 16 heavy (non-hydrogen) atoms. The molecule has 0 saturated carbocycles. The molecule has 1 heterocycles. The Morgan fingerprint density at radius 2 is 2.12 bits per heavy atom. The zero-order chi connectivity index (χ0) is 12.0. The maximum atomic E-state index is 11.4. The molecule has 1 amide bonds. The number of hydrogen-bond donors (Lipinski definition) is 1. The van der Waals surface area contributed by atoms with E-state index in [2.05, 4.69) is 26.5 Å². The van der Waals surface area contributed by atoms with Gasteiger partial charge in [0, 0.05) is 24.8 Å².